The van der Waals surface area contributed by atoms with E-state index in [4.69, 9.17) is 4.18 Å². The van der Waals surface area contributed by atoms with Crippen molar-refractivity contribution in [2.24, 2.45) is 0 Å². The molecule has 4 nitrogen and oxygen atoms in total. The van der Waals surface area contributed by atoms with Crippen molar-refractivity contribution in [3.8, 4) is 0 Å². The van der Waals surface area contributed by atoms with Gasteiger partial charge in [-0.3, -0.25) is 8.98 Å². The Kier molecular flexibility index (Phi) is 7.61. The third-order valence-electron chi connectivity index (χ3n) is 3.24. The van der Waals surface area contributed by atoms with Crippen LogP contribution in [-0.2, 0) is 19.1 Å². The van der Waals surface area contributed by atoms with Crippen LogP contribution in [-0.4, -0.2) is 20.8 Å². The molecular formula is C16H24O4S. The van der Waals surface area contributed by atoms with E-state index < -0.39 is 10.1 Å². The fourth-order valence-corrected chi connectivity index (χ4v) is 2.81. The van der Waals surface area contributed by atoms with Gasteiger partial charge in [-0.05, 0) is 25.5 Å². The van der Waals surface area contributed by atoms with E-state index in [1.165, 1.54) is 18.6 Å². The smallest absolute Gasteiger partial charge is 0.297 e. The molecular weight excluding hydrogens is 288 g/mol. The number of rotatable bonds is 10. The highest BCUT2D eigenvalue weighted by Crippen LogP contribution is 2.13. The zero-order chi connectivity index (χ0) is 15.7. The molecule has 0 aromatic heterocycles. The van der Waals surface area contributed by atoms with Crippen LogP contribution in [0.25, 0.3) is 0 Å². The van der Waals surface area contributed by atoms with Gasteiger partial charge >= 0.3 is 0 Å². The van der Waals surface area contributed by atoms with E-state index in [1.807, 2.05) is 6.92 Å². The van der Waals surface area contributed by atoms with E-state index in [-0.39, 0.29) is 17.3 Å². The van der Waals surface area contributed by atoms with Crippen molar-refractivity contribution in [2.45, 2.75) is 57.3 Å². The maximum Gasteiger partial charge on any atom is 0.297 e. The van der Waals surface area contributed by atoms with E-state index in [9.17, 15) is 13.2 Å². The fraction of sp³-hybridized carbons (Fsp3) is 0.562. The van der Waals surface area contributed by atoms with Crippen LogP contribution in [0.15, 0.2) is 29.2 Å². The van der Waals surface area contributed by atoms with Gasteiger partial charge in [-0.1, -0.05) is 50.3 Å². The number of hydrogen-bond donors (Lipinski definition) is 0. The van der Waals surface area contributed by atoms with Gasteiger partial charge in [-0.15, -0.1) is 0 Å². The van der Waals surface area contributed by atoms with E-state index in [0.29, 0.717) is 6.42 Å². The molecule has 0 heterocycles. The number of carbonyl (C=O) groups is 1. The van der Waals surface area contributed by atoms with Crippen molar-refractivity contribution in [2.75, 3.05) is 6.61 Å². The quantitative estimate of drug-likeness (QED) is 0.489. The summed E-state index contributed by atoms with van der Waals surface area (Å²) in [5, 5.41) is 0. The van der Waals surface area contributed by atoms with Gasteiger partial charge in [-0.25, -0.2) is 0 Å². The molecule has 0 N–H and O–H groups in total. The van der Waals surface area contributed by atoms with Crippen LogP contribution >= 0.6 is 0 Å². The first-order chi connectivity index (χ1) is 9.95. The van der Waals surface area contributed by atoms with Crippen molar-refractivity contribution in [1.82, 2.24) is 0 Å². The Morgan fingerprint density at radius 2 is 1.67 bits per heavy atom. The monoisotopic (exact) mass is 312 g/mol. The molecule has 1 rings (SSSR count). The Morgan fingerprint density at radius 1 is 1.05 bits per heavy atom. The molecule has 1 aromatic rings. The van der Waals surface area contributed by atoms with Crippen LogP contribution in [0.2, 0.25) is 0 Å². The molecule has 0 amide bonds. The van der Waals surface area contributed by atoms with Gasteiger partial charge in [0.2, 0.25) is 0 Å². The molecule has 0 unspecified atom stereocenters. The van der Waals surface area contributed by atoms with E-state index in [1.54, 1.807) is 12.1 Å². The van der Waals surface area contributed by atoms with Gasteiger partial charge in [0, 0.05) is 6.42 Å². The summed E-state index contributed by atoms with van der Waals surface area (Å²) in [7, 11) is -3.83. The summed E-state index contributed by atoms with van der Waals surface area (Å²) >= 11 is 0. The number of aryl methyl sites for hydroxylation is 1. The molecule has 0 saturated carbocycles. The molecule has 0 aliphatic heterocycles. The summed E-state index contributed by atoms with van der Waals surface area (Å²) in [6, 6.07) is 6.37. The predicted molar refractivity (Wildman–Crippen MR) is 82.7 cm³/mol. The van der Waals surface area contributed by atoms with E-state index >= 15 is 0 Å². The maximum absolute atomic E-state index is 11.9. The molecule has 0 aliphatic rings. The molecule has 0 spiro atoms. The molecule has 21 heavy (non-hydrogen) atoms. The Morgan fingerprint density at radius 3 is 2.29 bits per heavy atom. The second-order valence-electron chi connectivity index (χ2n) is 5.23. The summed E-state index contributed by atoms with van der Waals surface area (Å²) in [6.45, 7) is 3.64. The minimum absolute atomic E-state index is 0.0869. The fourth-order valence-electron chi connectivity index (χ4n) is 1.91. The minimum Gasteiger partial charge on any atom is -0.297 e. The molecule has 0 aliphatic carbocycles. The van der Waals surface area contributed by atoms with E-state index in [2.05, 4.69) is 6.92 Å². The number of carbonyl (C=O) groups excluding carboxylic acids is 1. The zero-order valence-electron chi connectivity index (χ0n) is 12.8. The van der Waals surface area contributed by atoms with Crippen molar-refractivity contribution >= 4 is 15.9 Å². The standard InChI is InChI=1S/C16H24O4S/c1-3-4-5-6-7-8-15(17)13-20-21(18,19)16-11-9-14(2)10-12-16/h9-12H,3-8,13H2,1-2H3. The highest BCUT2D eigenvalue weighted by Gasteiger charge is 2.16. The molecule has 0 atom stereocenters. The zero-order valence-corrected chi connectivity index (χ0v) is 13.6. The first-order valence-corrected chi connectivity index (χ1v) is 8.84. The lowest BCUT2D eigenvalue weighted by Crippen LogP contribution is -2.14. The van der Waals surface area contributed by atoms with Crippen LogP contribution in [0.3, 0.4) is 0 Å². The summed E-state index contributed by atoms with van der Waals surface area (Å²) in [6.07, 6.45) is 5.63. The lowest BCUT2D eigenvalue weighted by Gasteiger charge is -2.05. The van der Waals surface area contributed by atoms with E-state index in [0.717, 1.165) is 31.2 Å². The van der Waals surface area contributed by atoms with Crippen molar-refractivity contribution in [1.29, 1.82) is 0 Å². The maximum atomic E-state index is 11.9. The number of benzene rings is 1. The summed E-state index contributed by atoms with van der Waals surface area (Å²) < 4.78 is 28.6. The van der Waals surface area contributed by atoms with Gasteiger partial charge in [0.05, 0.1) is 4.90 Å². The van der Waals surface area contributed by atoms with Crippen LogP contribution in [0.5, 0.6) is 0 Å². The van der Waals surface area contributed by atoms with Gasteiger partial charge in [0.15, 0.2) is 5.78 Å². The SMILES string of the molecule is CCCCCCCC(=O)COS(=O)(=O)c1ccc(C)cc1. The van der Waals surface area contributed by atoms with Crippen LogP contribution in [0, 0.1) is 6.92 Å². The van der Waals surface area contributed by atoms with Gasteiger partial charge in [0.1, 0.15) is 6.61 Å². The van der Waals surface area contributed by atoms with Gasteiger partial charge in [-0.2, -0.15) is 8.42 Å². The topological polar surface area (TPSA) is 60.4 Å². The Balaban J connectivity index is 2.36. The number of ketones is 1. The number of unbranched alkanes of at least 4 members (excludes halogenated alkanes) is 4. The molecule has 0 bridgehead atoms. The Bertz CT molecular complexity index is 532. The molecule has 0 saturated heterocycles. The summed E-state index contributed by atoms with van der Waals surface area (Å²) in [5.41, 5.74) is 0.970. The Labute approximate surface area is 127 Å². The third kappa shape index (κ3) is 6.87. The second-order valence-corrected chi connectivity index (χ2v) is 6.85. The van der Waals surface area contributed by atoms with Crippen LogP contribution < -0.4 is 0 Å². The average molecular weight is 312 g/mol. The van der Waals surface area contributed by atoms with Gasteiger partial charge < -0.3 is 0 Å². The highest BCUT2D eigenvalue weighted by molar-refractivity contribution is 7.86. The second kappa shape index (κ2) is 8.95. The number of Topliss-reactive ketones (excluding diaryl/α,β-unsaturated/α-hetero) is 1. The van der Waals surface area contributed by atoms with Crippen LogP contribution in [0.1, 0.15) is 51.0 Å². The van der Waals surface area contributed by atoms with Crippen LogP contribution in [0.4, 0.5) is 0 Å². The molecule has 5 heteroatoms. The lowest BCUT2D eigenvalue weighted by molar-refractivity contribution is -0.121. The van der Waals surface area contributed by atoms with Crippen molar-refractivity contribution in [3.63, 3.8) is 0 Å². The van der Waals surface area contributed by atoms with Crippen molar-refractivity contribution in [3.05, 3.63) is 29.8 Å². The normalized spacial score (nSPS) is 11.5. The summed E-state index contributed by atoms with van der Waals surface area (Å²) in [4.78, 5) is 11.7. The first kappa shape index (κ1) is 17.9. The molecule has 0 radical (unpaired) electrons. The third-order valence-corrected chi connectivity index (χ3v) is 4.52. The Hall–Kier alpha value is -1.20. The van der Waals surface area contributed by atoms with Crippen molar-refractivity contribution < 1.29 is 17.4 Å². The summed E-state index contributed by atoms with van der Waals surface area (Å²) in [5.74, 6) is -0.165. The minimum atomic E-state index is -3.83. The van der Waals surface area contributed by atoms with Gasteiger partial charge in [0.25, 0.3) is 10.1 Å². The molecule has 0 fully saturated rings. The molecule has 1 aromatic carbocycles. The largest absolute Gasteiger partial charge is 0.297 e. The first-order valence-electron chi connectivity index (χ1n) is 7.43. The lowest BCUT2D eigenvalue weighted by atomic mass is 10.1. The molecule has 118 valence electrons. The highest BCUT2D eigenvalue weighted by atomic mass is 32.2. The number of hydrogen-bond acceptors (Lipinski definition) is 4. The predicted octanol–water partition coefficient (Wildman–Crippen LogP) is 3.63. The average Bonchev–Trinajstić information content (AvgIpc) is 2.45.